The SMILES string of the molecule is CSC(C)(C(=O)O)C1CC1. The fourth-order valence-electron chi connectivity index (χ4n) is 1.06. The zero-order valence-corrected chi connectivity index (χ0v) is 7.07. The number of carbonyl (C=O) groups is 1. The van der Waals surface area contributed by atoms with Crippen molar-refractivity contribution in [2.45, 2.75) is 24.5 Å². The largest absolute Gasteiger partial charge is 0.480 e. The number of hydrogen-bond acceptors (Lipinski definition) is 2. The van der Waals surface area contributed by atoms with Crippen molar-refractivity contribution in [3.8, 4) is 0 Å². The minimum atomic E-state index is -0.664. The van der Waals surface area contributed by atoms with E-state index < -0.39 is 10.7 Å². The maximum absolute atomic E-state index is 10.7. The highest BCUT2D eigenvalue weighted by Gasteiger charge is 2.46. The van der Waals surface area contributed by atoms with Gasteiger partial charge in [-0.05, 0) is 31.9 Å². The van der Waals surface area contributed by atoms with Crippen molar-refractivity contribution in [3.05, 3.63) is 0 Å². The monoisotopic (exact) mass is 160 g/mol. The standard InChI is InChI=1S/C7H12O2S/c1-7(10-2,6(8)9)5-3-4-5/h5H,3-4H2,1-2H3,(H,8,9). The summed E-state index contributed by atoms with van der Waals surface area (Å²) >= 11 is 1.45. The van der Waals surface area contributed by atoms with Gasteiger partial charge in [0.15, 0.2) is 0 Å². The van der Waals surface area contributed by atoms with Crippen LogP contribution in [0.1, 0.15) is 19.8 Å². The van der Waals surface area contributed by atoms with E-state index >= 15 is 0 Å². The smallest absolute Gasteiger partial charge is 0.319 e. The summed E-state index contributed by atoms with van der Waals surface area (Å²) in [4.78, 5) is 10.7. The fraction of sp³-hybridized carbons (Fsp3) is 0.857. The van der Waals surface area contributed by atoms with Gasteiger partial charge in [-0.1, -0.05) is 0 Å². The number of aliphatic carboxylic acids is 1. The van der Waals surface area contributed by atoms with Gasteiger partial charge in [0.05, 0.1) is 0 Å². The highest BCUT2D eigenvalue weighted by atomic mass is 32.2. The highest BCUT2D eigenvalue weighted by Crippen LogP contribution is 2.46. The average Bonchev–Trinajstić information content (AvgIpc) is 2.67. The van der Waals surface area contributed by atoms with Crippen molar-refractivity contribution >= 4 is 17.7 Å². The normalized spacial score (nSPS) is 23.8. The molecule has 0 spiro atoms. The maximum atomic E-state index is 10.7. The molecule has 0 aromatic heterocycles. The van der Waals surface area contributed by atoms with Crippen molar-refractivity contribution in [3.63, 3.8) is 0 Å². The van der Waals surface area contributed by atoms with Gasteiger partial charge in [0.25, 0.3) is 0 Å². The van der Waals surface area contributed by atoms with Crippen LogP contribution >= 0.6 is 11.8 Å². The van der Waals surface area contributed by atoms with E-state index in [1.54, 1.807) is 0 Å². The van der Waals surface area contributed by atoms with Crippen LogP contribution in [0, 0.1) is 5.92 Å². The molecule has 0 bridgehead atoms. The lowest BCUT2D eigenvalue weighted by Gasteiger charge is -2.21. The molecular weight excluding hydrogens is 148 g/mol. The number of hydrogen-bond donors (Lipinski definition) is 1. The van der Waals surface area contributed by atoms with Crippen LogP contribution in [0.3, 0.4) is 0 Å². The lowest BCUT2D eigenvalue weighted by molar-refractivity contribution is -0.139. The Morgan fingerprint density at radius 2 is 2.20 bits per heavy atom. The third-order valence-corrected chi connectivity index (χ3v) is 3.56. The van der Waals surface area contributed by atoms with Crippen LogP contribution in [-0.2, 0) is 4.79 Å². The van der Waals surface area contributed by atoms with E-state index in [4.69, 9.17) is 5.11 Å². The van der Waals surface area contributed by atoms with Gasteiger partial charge in [0.2, 0.25) is 0 Å². The zero-order valence-electron chi connectivity index (χ0n) is 6.26. The van der Waals surface area contributed by atoms with Gasteiger partial charge in [0, 0.05) is 0 Å². The van der Waals surface area contributed by atoms with Crippen LogP contribution < -0.4 is 0 Å². The van der Waals surface area contributed by atoms with Gasteiger partial charge < -0.3 is 5.11 Å². The van der Waals surface area contributed by atoms with E-state index in [-0.39, 0.29) is 0 Å². The summed E-state index contributed by atoms with van der Waals surface area (Å²) in [6, 6.07) is 0. The Hall–Kier alpha value is -0.180. The molecule has 1 atom stereocenters. The van der Waals surface area contributed by atoms with Crippen molar-refractivity contribution in [1.29, 1.82) is 0 Å². The van der Waals surface area contributed by atoms with Crippen LogP contribution in [-0.4, -0.2) is 22.1 Å². The summed E-state index contributed by atoms with van der Waals surface area (Å²) < 4.78 is -0.514. The van der Waals surface area contributed by atoms with Crippen LogP contribution in [0.5, 0.6) is 0 Å². The van der Waals surface area contributed by atoms with E-state index in [0.29, 0.717) is 5.92 Å². The van der Waals surface area contributed by atoms with Gasteiger partial charge in [0.1, 0.15) is 4.75 Å². The van der Waals surface area contributed by atoms with Gasteiger partial charge in [-0.2, -0.15) is 0 Å². The number of carboxylic acids is 1. The fourth-order valence-corrected chi connectivity index (χ4v) is 1.81. The van der Waals surface area contributed by atoms with Gasteiger partial charge >= 0.3 is 5.97 Å². The molecule has 0 aromatic rings. The minimum Gasteiger partial charge on any atom is -0.480 e. The summed E-state index contributed by atoms with van der Waals surface area (Å²) in [7, 11) is 0. The predicted molar refractivity (Wildman–Crippen MR) is 42.3 cm³/mol. The van der Waals surface area contributed by atoms with Crippen molar-refractivity contribution < 1.29 is 9.90 Å². The second kappa shape index (κ2) is 2.46. The third-order valence-electron chi connectivity index (χ3n) is 2.21. The highest BCUT2D eigenvalue weighted by molar-refractivity contribution is 8.00. The summed E-state index contributed by atoms with van der Waals surface area (Å²) in [5.74, 6) is -0.248. The summed E-state index contributed by atoms with van der Waals surface area (Å²) in [6.07, 6.45) is 4.04. The van der Waals surface area contributed by atoms with Gasteiger partial charge in [-0.3, -0.25) is 4.79 Å². The second-order valence-corrected chi connectivity index (χ2v) is 4.15. The quantitative estimate of drug-likeness (QED) is 0.681. The van der Waals surface area contributed by atoms with E-state index in [0.717, 1.165) is 12.8 Å². The van der Waals surface area contributed by atoms with Crippen LogP contribution in [0.4, 0.5) is 0 Å². The van der Waals surface area contributed by atoms with Gasteiger partial charge in [-0.15, -0.1) is 11.8 Å². The molecule has 1 fully saturated rings. The molecule has 0 heterocycles. The summed E-state index contributed by atoms with van der Waals surface area (Å²) in [5, 5.41) is 8.82. The van der Waals surface area contributed by atoms with Crippen LogP contribution in [0.25, 0.3) is 0 Å². The summed E-state index contributed by atoms with van der Waals surface area (Å²) in [6.45, 7) is 1.82. The number of thioether (sulfide) groups is 1. The maximum Gasteiger partial charge on any atom is 0.319 e. The Balaban J connectivity index is 2.65. The van der Waals surface area contributed by atoms with Crippen molar-refractivity contribution in [1.82, 2.24) is 0 Å². The van der Waals surface area contributed by atoms with Crippen LogP contribution in [0.15, 0.2) is 0 Å². The van der Waals surface area contributed by atoms with Crippen LogP contribution in [0.2, 0.25) is 0 Å². The van der Waals surface area contributed by atoms with Crippen molar-refractivity contribution in [2.75, 3.05) is 6.26 Å². The molecule has 0 aromatic carbocycles. The molecule has 1 aliphatic carbocycles. The first-order chi connectivity index (χ1) is 4.61. The van der Waals surface area contributed by atoms with E-state index in [1.165, 1.54) is 11.8 Å². The third kappa shape index (κ3) is 1.15. The molecule has 1 unspecified atom stereocenters. The molecule has 1 aliphatic rings. The Morgan fingerprint density at radius 3 is 2.30 bits per heavy atom. The molecule has 10 heavy (non-hydrogen) atoms. The Kier molecular flexibility index (Phi) is 1.95. The first kappa shape index (κ1) is 7.92. The molecule has 1 rings (SSSR count). The minimum absolute atomic E-state index is 0.417. The molecule has 0 saturated heterocycles. The zero-order chi connectivity index (χ0) is 7.78. The van der Waals surface area contributed by atoms with E-state index in [9.17, 15) is 4.79 Å². The molecular formula is C7H12O2S. The molecule has 58 valence electrons. The number of carboxylic acid groups (broad SMARTS) is 1. The number of rotatable bonds is 3. The first-order valence-electron chi connectivity index (χ1n) is 3.40. The van der Waals surface area contributed by atoms with E-state index in [2.05, 4.69) is 0 Å². The molecule has 1 saturated carbocycles. The molecule has 1 N–H and O–H groups in total. The Morgan fingerprint density at radius 1 is 1.70 bits per heavy atom. The molecule has 0 amide bonds. The molecule has 0 radical (unpaired) electrons. The Labute approximate surface area is 65.0 Å². The second-order valence-electron chi connectivity index (χ2n) is 2.89. The summed E-state index contributed by atoms with van der Waals surface area (Å²) in [5.41, 5.74) is 0. The average molecular weight is 160 g/mol. The molecule has 3 heteroatoms. The lowest BCUT2D eigenvalue weighted by Crippen LogP contribution is -2.33. The predicted octanol–water partition coefficient (Wildman–Crippen LogP) is 1.60. The van der Waals surface area contributed by atoms with Gasteiger partial charge in [-0.25, -0.2) is 0 Å². The Bertz CT molecular complexity index is 154. The lowest BCUT2D eigenvalue weighted by atomic mass is 10.1. The topological polar surface area (TPSA) is 37.3 Å². The molecule has 2 nitrogen and oxygen atoms in total. The molecule has 0 aliphatic heterocycles. The first-order valence-corrected chi connectivity index (χ1v) is 4.62. The van der Waals surface area contributed by atoms with Crippen molar-refractivity contribution in [2.24, 2.45) is 5.92 Å². The van der Waals surface area contributed by atoms with E-state index in [1.807, 2.05) is 13.2 Å².